The van der Waals surface area contributed by atoms with E-state index in [0.717, 1.165) is 35.6 Å². The zero-order valence-electron chi connectivity index (χ0n) is 19.9. The molecular weight excluding hydrogens is 468 g/mol. The number of nitrogens with zero attached hydrogens (tertiary/aromatic N) is 1. The van der Waals surface area contributed by atoms with Crippen LogP contribution in [-0.2, 0) is 22.6 Å². The Bertz CT molecular complexity index is 1160. The van der Waals surface area contributed by atoms with Gasteiger partial charge in [-0.1, -0.05) is 35.9 Å². The van der Waals surface area contributed by atoms with Gasteiger partial charge in [0.15, 0.2) is 11.5 Å². The molecule has 0 radical (unpaired) electrons. The Morgan fingerprint density at radius 2 is 1.83 bits per heavy atom. The Hall–Kier alpha value is -3.42. The van der Waals surface area contributed by atoms with E-state index in [4.69, 9.17) is 30.5 Å². The predicted octanol–water partition coefficient (Wildman–Crippen LogP) is 5.16. The summed E-state index contributed by atoms with van der Waals surface area (Å²) in [5, 5.41) is 4.05. The van der Waals surface area contributed by atoms with E-state index >= 15 is 0 Å². The molecule has 1 N–H and O–H groups in total. The lowest BCUT2D eigenvalue weighted by molar-refractivity contribution is 0.0600. The highest BCUT2D eigenvalue weighted by atomic mass is 35.5. The van der Waals surface area contributed by atoms with Gasteiger partial charge in [-0.25, -0.2) is 4.79 Å². The van der Waals surface area contributed by atoms with Crippen molar-refractivity contribution in [3.63, 3.8) is 0 Å². The van der Waals surface area contributed by atoms with E-state index in [1.165, 1.54) is 7.11 Å². The Labute approximate surface area is 210 Å². The van der Waals surface area contributed by atoms with E-state index in [1.54, 1.807) is 7.11 Å². The van der Waals surface area contributed by atoms with Gasteiger partial charge in [-0.3, -0.25) is 0 Å². The number of rotatable bonds is 9. The highest BCUT2D eigenvalue weighted by Gasteiger charge is 2.20. The van der Waals surface area contributed by atoms with E-state index in [-0.39, 0.29) is 5.97 Å². The molecule has 4 rings (SSSR count). The number of carbonyl (C=O) groups excluding carboxylic acids is 1. The van der Waals surface area contributed by atoms with Gasteiger partial charge < -0.3 is 29.2 Å². The van der Waals surface area contributed by atoms with Gasteiger partial charge in [0.25, 0.3) is 0 Å². The zero-order chi connectivity index (χ0) is 24.6. The van der Waals surface area contributed by atoms with Gasteiger partial charge in [0.05, 0.1) is 38.7 Å². The number of nitrogens with one attached hydrogen (secondary N) is 1. The number of hydrogen-bond acceptors (Lipinski definition) is 7. The molecule has 3 aromatic rings. The van der Waals surface area contributed by atoms with E-state index < -0.39 is 0 Å². The molecule has 184 valence electrons. The zero-order valence-corrected chi connectivity index (χ0v) is 20.6. The maximum absolute atomic E-state index is 12.5. The van der Waals surface area contributed by atoms with E-state index in [1.807, 2.05) is 60.7 Å². The molecule has 0 aromatic heterocycles. The molecule has 0 atom stereocenters. The number of esters is 1. The van der Waals surface area contributed by atoms with Crippen LogP contribution in [0.5, 0.6) is 11.5 Å². The molecule has 0 unspecified atom stereocenters. The molecule has 0 aliphatic carbocycles. The van der Waals surface area contributed by atoms with Crippen LogP contribution in [0.25, 0.3) is 0 Å². The Balaban J connectivity index is 1.44. The van der Waals surface area contributed by atoms with Gasteiger partial charge in [-0.05, 0) is 42.0 Å². The molecule has 35 heavy (non-hydrogen) atoms. The van der Waals surface area contributed by atoms with Crippen LogP contribution in [0.3, 0.4) is 0 Å². The van der Waals surface area contributed by atoms with Crippen LogP contribution in [0.1, 0.15) is 21.5 Å². The minimum absolute atomic E-state index is 0.347. The van der Waals surface area contributed by atoms with Gasteiger partial charge >= 0.3 is 5.97 Å². The second-order valence-electron chi connectivity index (χ2n) is 8.04. The highest BCUT2D eigenvalue weighted by Crippen LogP contribution is 2.31. The summed E-state index contributed by atoms with van der Waals surface area (Å²) < 4.78 is 21.9. The maximum Gasteiger partial charge on any atom is 0.340 e. The number of hydrogen-bond donors (Lipinski definition) is 1. The number of ether oxygens (including phenoxy) is 4. The van der Waals surface area contributed by atoms with Gasteiger partial charge in [-0.2, -0.15) is 0 Å². The number of halogens is 1. The molecule has 1 aliphatic rings. The van der Waals surface area contributed by atoms with Crippen LogP contribution in [-0.4, -0.2) is 46.5 Å². The molecule has 3 aromatic carbocycles. The summed E-state index contributed by atoms with van der Waals surface area (Å²) in [7, 11) is 3.01. The van der Waals surface area contributed by atoms with Crippen LogP contribution < -0.4 is 19.7 Å². The molecule has 1 saturated heterocycles. The maximum atomic E-state index is 12.5. The summed E-state index contributed by atoms with van der Waals surface area (Å²) in [6.07, 6.45) is 0. The fraction of sp³-hybridized carbons (Fsp3) is 0.296. The topological polar surface area (TPSA) is 69.3 Å². The van der Waals surface area contributed by atoms with E-state index in [9.17, 15) is 4.79 Å². The molecule has 1 aliphatic heterocycles. The third-order valence-corrected chi connectivity index (χ3v) is 6.19. The first-order valence-corrected chi connectivity index (χ1v) is 11.8. The predicted molar refractivity (Wildman–Crippen MR) is 137 cm³/mol. The van der Waals surface area contributed by atoms with E-state index in [2.05, 4.69) is 10.2 Å². The number of carbonyl (C=O) groups is 1. The van der Waals surface area contributed by atoms with Gasteiger partial charge in [0, 0.05) is 35.9 Å². The lowest BCUT2D eigenvalue weighted by Gasteiger charge is -2.30. The normalized spacial score (nSPS) is 13.3. The summed E-state index contributed by atoms with van der Waals surface area (Å²) in [5.74, 6) is 0.908. The van der Waals surface area contributed by atoms with E-state index in [0.29, 0.717) is 48.5 Å². The molecule has 0 saturated carbocycles. The SMILES string of the molecule is COC(=O)c1cc(NCc2ccc(OCc3ccccc3Cl)c(OC)c2)ccc1N1CCOCC1. The average Bonchev–Trinajstić information content (AvgIpc) is 2.91. The van der Waals surface area contributed by atoms with Crippen molar-refractivity contribution in [3.8, 4) is 11.5 Å². The first-order chi connectivity index (χ1) is 17.1. The Morgan fingerprint density at radius 3 is 2.57 bits per heavy atom. The number of morpholine rings is 1. The van der Waals surface area contributed by atoms with Crippen LogP contribution in [0.4, 0.5) is 11.4 Å². The van der Waals surface area contributed by atoms with Crippen molar-refractivity contribution in [2.45, 2.75) is 13.2 Å². The molecular formula is C27H29ClN2O5. The minimum Gasteiger partial charge on any atom is -0.493 e. The molecule has 1 fully saturated rings. The fourth-order valence-corrected chi connectivity index (χ4v) is 4.11. The number of methoxy groups -OCH3 is 2. The molecule has 0 amide bonds. The third kappa shape index (κ3) is 6.18. The van der Waals surface area contributed by atoms with Crippen LogP contribution >= 0.6 is 11.6 Å². The monoisotopic (exact) mass is 496 g/mol. The second-order valence-corrected chi connectivity index (χ2v) is 8.45. The van der Waals surface area contributed by atoms with Crippen LogP contribution in [0.2, 0.25) is 5.02 Å². The van der Waals surface area contributed by atoms with Crippen molar-refractivity contribution in [1.29, 1.82) is 0 Å². The van der Waals surface area contributed by atoms with Crippen molar-refractivity contribution in [1.82, 2.24) is 0 Å². The second kappa shape index (κ2) is 11.8. The summed E-state index contributed by atoms with van der Waals surface area (Å²) >= 11 is 6.23. The molecule has 8 heteroatoms. The Kier molecular flexibility index (Phi) is 8.34. The molecule has 1 heterocycles. The van der Waals surface area contributed by atoms with Gasteiger partial charge in [-0.15, -0.1) is 0 Å². The smallest absolute Gasteiger partial charge is 0.340 e. The van der Waals surface area contributed by atoms with Crippen molar-refractivity contribution >= 4 is 28.9 Å². The van der Waals surface area contributed by atoms with Gasteiger partial charge in [0.1, 0.15) is 6.61 Å². The quantitative estimate of drug-likeness (QED) is 0.410. The summed E-state index contributed by atoms with van der Waals surface area (Å²) in [5.41, 5.74) is 4.11. The molecule has 0 bridgehead atoms. The summed E-state index contributed by atoms with van der Waals surface area (Å²) in [6, 6.07) is 19.1. The van der Waals surface area contributed by atoms with Gasteiger partial charge in [0.2, 0.25) is 0 Å². The molecule has 7 nitrogen and oxygen atoms in total. The van der Waals surface area contributed by atoms with Crippen molar-refractivity contribution in [2.75, 3.05) is 50.7 Å². The first-order valence-electron chi connectivity index (χ1n) is 11.4. The van der Waals surface area contributed by atoms with Crippen molar-refractivity contribution in [3.05, 3.63) is 82.4 Å². The summed E-state index contributed by atoms with van der Waals surface area (Å²) in [6.45, 7) is 3.64. The van der Waals surface area contributed by atoms with Crippen LogP contribution in [0.15, 0.2) is 60.7 Å². The third-order valence-electron chi connectivity index (χ3n) is 5.82. The van der Waals surface area contributed by atoms with Crippen LogP contribution in [0, 0.1) is 0 Å². The lowest BCUT2D eigenvalue weighted by Crippen LogP contribution is -2.37. The molecule has 0 spiro atoms. The highest BCUT2D eigenvalue weighted by molar-refractivity contribution is 6.31. The van der Waals surface area contributed by atoms with Crippen molar-refractivity contribution in [2.24, 2.45) is 0 Å². The first kappa shape index (κ1) is 24.7. The summed E-state index contributed by atoms with van der Waals surface area (Å²) in [4.78, 5) is 14.6. The Morgan fingerprint density at radius 1 is 1.03 bits per heavy atom. The van der Waals surface area contributed by atoms with Crippen molar-refractivity contribution < 1.29 is 23.7 Å². The number of anilines is 2. The minimum atomic E-state index is -0.364. The fourth-order valence-electron chi connectivity index (χ4n) is 3.92. The standard InChI is InChI=1S/C27H29ClN2O5/c1-32-26-15-19(7-10-25(26)35-18-20-5-3-4-6-23(20)28)17-29-21-8-9-24(22(16-21)27(31)33-2)30-11-13-34-14-12-30/h3-10,15-16,29H,11-14,17-18H2,1-2H3. The average molecular weight is 497 g/mol. The largest absolute Gasteiger partial charge is 0.493 e. The number of benzene rings is 3. The lowest BCUT2D eigenvalue weighted by atomic mass is 10.1.